The Bertz CT molecular complexity index is 812. The number of carbonyl (C=O) groups excluding carboxylic acids is 3. The van der Waals surface area contributed by atoms with E-state index in [0.717, 1.165) is 16.3 Å². The lowest BCUT2D eigenvalue weighted by molar-refractivity contribution is -0.143. The van der Waals surface area contributed by atoms with E-state index in [1.807, 2.05) is 43.3 Å². The number of methoxy groups -OCH3 is 1. The van der Waals surface area contributed by atoms with Crippen LogP contribution < -0.4 is 4.90 Å². The fourth-order valence-corrected chi connectivity index (χ4v) is 2.90. The van der Waals surface area contributed by atoms with Gasteiger partial charge in [0.2, 0.25) is 5.91 Å². The minimum atomic E-state index is -0.783. The molecule has 0 fully saturated rings. The number of fused-ring (bicyclic) bond motifs is 1. The second kappa shape index (κ2) is 7.92. The minimum absolute atomic E-state index is 0.0549. The zero-order chi connectivity index (χ0) is 18.6. The minimum Gasteiger partial charge on any atom is -0.467 e. The maximum absolute atomic E-state index is 12.9. The molecule has 0 bridgehead atoms. The average molecular weight is 341 g/mol. The topological polar surface area (TPSA) is 63.7 Å². The van der Waals surface area contributed by atoms with E-state index in [1.54, 1.807) is 6.92 Å². The Hall–Kier alpha value is -2.69. The lowest BCUT2D eigenvalue weighted by Gasteiger charge is -2.30. The molecule has 0 saturated carbocycles. The number of anilines is 1. The molecule has 0 saturated heterocycles. The maximum Gasteiger partial charge on any atom is 0.328 e. The molecule has 1 amide bonds. The largest absolute Gasteiger partial charge is 0.467 e. The number of hydrogen-bond acceptors (Lipinski definition) is 4. The van der Waals surface area contributed by atoms with Crippen molar-refractivity contribution >= 4 is 34.1 Å². The van der Waals surface area contributed by atoms with Crippen molar-refractivity contribution in [2.75, 3.05) is 12.0 Å². The Kier molecular flexibility index (Phi) is 5.91. The summed E-state index contributed by atoms with van der Waals surface area (Å²) < 4.78 is 4.84. The third-order valence-corrected chi connectivity index (χ3v) is 4.23. The van der Waals surface area contributed by atoms with Crippen molar-refractivity contribution in [1.29, 1.82) is 0 Å². The molecular weight excluding hydrogens is 318 g/mol. The lowest BCUT2D eigenvalue weighted by atomic mass is 10.0. The first-order chi connectivity index (χ1) is 11.9. The van der Waals surface area contributed by atoms with Crippen molar-refractivity contribution in [3.8, 4) is 0 Å². The second-order valence-corrected chi connectivity index (χ2v) is 6.12. The van der Waals surface area contributed by atoms with E-state index in [-0.39, 0.29) is 24.5 Å². The Morgan fingerprint density at radius 3 is 2.40 bits per heavy atom. The highest BCUT2D eigenvalue weighted by molar-refractivity contribution is 6.08. The third-order valence-electron chi connectivity index (χ3n) is 4.23. The first-order valence-electron chi connectivity index (χ1n) is 8.24. The highest BCUT2D eigenvalue weighted by Gasteiger charge is 2.30. The Labute approximate surface area is 147 Å². The number of ether oxygens (including phenoxy) is 1. The standard InChI is InChI=1S/C20H23NO4/c1-13-9-11-16-7-5-6-8-17(16)19(13)21(15(3)20(24)25-4)18(23)12-10-14(2)22/h5-9,11,15H,10,12H2,1-4H3/t15-/m0/s1. The summed E-state index contributed by atoms with van der Waals surface area (Å²) in [5.41, 5.74) is 1.56. The molecule has 5 heteroatoms. The first-order valence-corrected chi connectivity index (χ1v) is 8.24. The zero-order valence-electron chi connectivity index (χ0n) is 15.0. The van der Waals surface area contributed by atoms with Crippen LogP contribution in [0.2, 0.25) is 0 Å². The number of Topliss-reactive ketones (excluding diaryl/α,β-unsaturated/α-hetero) is 1. The molecule has 25 heavy (non-hydrogen) atoms. The summed E-state index contributed by atoms with van der Waals surface area (Å²) in [6.45, 7) is 4.99. The summed E-state index contributed by atoms with van der Waals surface area (Å²) in [4.78, 5) is 37.8. The number of esters is 1. The quantitative estimate of drug-likeness (QED) is 0.755. The molecule has 0 aromatic heterocycles. The van der Waals surface area contributed by atoms with Crippen molar-refractivity contribution < 1.29 is 19.1 Å². The van der Waals surface area contributed by atoms with Crippen LogP contribution in [0.3, 0.4) is 0 Å². The zero-order valence-corrected chi connectivity index (χ0v) is 15.0. The molecule has 0 aliphatic rings. The molecule has 2 rings (SSSR count). The van der Waals surface area contributed by atoms with Gasteiger partial charge in [-0.3, -0.25) is 9.69 Å². The van der Waals surface area contributed by atoms with E-state index in [0.29, 0.717) is 5.69 Å². The van der Waals surface area contributed by atoms with Gasteiger partial charge in [0.25, 0.3) is 0 Å². The van der Waals surface area contributed by atoms with Crippen LogP contribution in [0.5, 0.6) is 0 Å². The predicted molar refractivity (Wildman–Crippen MR) is 97.6 cm³/mol. The van der Waals surface area contributed by atoms with Crippen LogP contribution in [-0.4, -0.2) is 30.8 Å². The second-order valence-electron chi connectivity index (χ2n) is 6.12. The Morgan fingerprint density at radius 1 is 1.08 bits per heavy atom. The molecule has 0 heterocycles. The number of hydrogen-bond donors (Lipinski definition) is 0. The van der Waals surface area contributed by atoms with Crippen LogP contribution in [0.15, 0.2) is 36.4 Å². The Balaban J connectivity index is 2.59. The van der Waals surface area contributed by atoms with Gasteiger partial charge in [0.05, 0.1) is 12.8 Å². The molecule has 132 valence electrons. The van der Waals surface area contributed by atoms with Gasteiger partial charge in [-0.05, 0) is 31.7 Å². The fraction of sp³-hybridized carbons (Fsp3) is 0.350. The maximum atomic E-state index is 12.9. The number of carbonyl (C=O) groups is 3. The molecule has 0 aliphatic heterocycles. The number of ketones is 1. The van der Waals surface area contributed by atoms with Crippen LogP contribution >= 0.6 is 0 Å². The normalized spacial score (nSPS) is 11.8. The summed E-state index contributed by atoms with van der Waals surface area (Å²) in [6.07, 6.45) is 0.201. The summed E-state index contributed by atoms with van der Waals surface area (Å²) >= 11 is 0. The first kappa shape index (κ1) is 18.6. The van der Waals surface area contributed by atoms with E-state index in [2.05, 4.69) is 0 Å². The van der Waals surface area contributed by atoms with Crippen molar-refractivity contribution in [1.82, 2.24) is 0 Å². The highest BCUT2D eigenvalue weighted by Crippen LogP contribution is 2.32. The summed E-state index contributed by atoms with van der Waals surface area (Å²) in [7, 11) is 1.30. The van der Waals surface area contributed by atoms with Crippen LogP contribution in [0, 0.1) is 6.92 Å². The highest BCUT2D eigenvalue weighted by atomic mass is 16.5. The Morgan fingerprint density at radius 2 is 1.76 bits per heavy atom. The van der Waals surface area contributed by atoms with Gasteiger partial charge in [-0.2, -0.15) is 0 Å². The van der Waals surface area contributed by atoms with Gasteiger partial charge in [0.15, 0.2) is 0 Å². The van der Waals surface area contributed by atoms with Gasteiger partial charge in [-0.1, -0.05) is 36.4 Å². The lowest BCUT2D eigenvalue weighted by Crippen LogP contribution is -2.44. The molecular formula is C20H23NO4. The van der Waals surface area contributed by atoms with Crippen LogP contribution in [0.25, 0.3) is 10.8 Å². The monoisotopic (exact) mass is 341 g/mol. The van der Waals surface area contributed by atoms with Crippen molar-refractivity contribution in [2.24, 2.45) is 0 Å². The van der Waals surface area contributed by atoms with Crippen LogP contribution in [-0.2, 0) is 19.1 Å². The number of nitrogens with zero attached hydrogens (tertiary/aromatic N) is 1. The molecule has 2 aromatic carbocycles. The molecule has 5 nitrogen and oxygen atoms in total. The smallest absolute Gasteiger partial charge is 0.328 e. The van der Waals surface area contributed by atoms with Crippen LogP contribution in [0.4, 0.5) is 5.69 Å². The van der Waals surface area contributed by atoms with E-state index in [4.69, 9.17) is 4.74 Å². The van der Waals surface area contributed by atoms with E-state index >= 15 is 0 Å². The number of aryl methyl sites for hydroxylation is 1. The number of amides is 1. The van der Waals surface area contributed by atoms with E-state index in [1.165, 1.54) is 18.9 Å². The van der Waals surface area contributed by atoms with Gasteiger partial charge in [0.1, 0.15) is 11.8 Å². The molecule has 0 N–H and O–H groups in total. The summed E-state index contributed by atoms with van der Waals surface area (Å²) in [5.74, 6) is -0.829. The third kappa shape index (κ3) is 4.05. The van der Waals surface area contributed by atoms with Crippen molar-refractivity contribution in [3.63, 3.8) is 0 Å². The molecule has 0 radical (unpaired) electrons. The van der Waals surface area contributed by atoms with Crippen molar-refractivity contribution in [2.45, 2.75) is 39.7 Å². The van der Waals surface area contributed by atoms with Gasteiger partial charge >= 0.3 is 5.97 Å². The van der Waals surface area contributed by atoms with Crippen LogP contribution in [0.1, 0.15) is 32.3 Å². The van der Waals surface area contributed by atoms with Gasteiger partial charge in [-0.25, -0.2) is 4.79 Å². The molecule has 0 spiro atoms. The van der Waals surface area contributed by atoms with Crippen molar-refractivity contribution in [3.05, 3.63) is 42.0 Å². The summed E-state index contributed by atoms with van der Waals surface area (Å²) in [6, 6.07) is 10.8. The number of rotatable bonds is 6. The predicted octanol–water partition coefficient (Wildman–Crippen LogP) is 3.41. The van der Waals surface area contributed by atoms with Gasteiger partial charge in [-0.15, -0.1) is 0 Å². The molecule has 0 aliphatic carbocycles. The number of benzene rings is 2. The molecule has 2 aromatic rings. The SMILES string of the molecule is COC(=O)[C@H](C)N(C(=O)CCC(C)=O)c1c(C)ccc2ccccc12. The van der Waals surface area contributed by atoms with E-state index in [9.17, 15) is 14.4 Å². The van der Waals surface area contributed by atoms with Gasteiger partial charge < -0.3 is 9.53 Å². The fourth-order valence-electron chi connectivity index (χ4n) is 2.90. The average Bonchev–Trinajstić information content (AvgIpc) is 2.61. The van der Waals surface area contributed by atoms with Gasteiger partial charge in [0, 0.05) is 18.2 Å². The summed E-state index contributed by atoms with van der Waals surface area (Å²) in [5, 5.41) is 1.86. The molecule has 1 atom stereocenters. The molecule has 0 unspecified atom stereocenters. The van der Waals surface area contributed by atoms with E-state index < -0.39 is 12.0 Å².